The van der Waals surface area contributed by atoms with Crippen molar-refractivity contribution in [3.63, 3.8) is 0 Å². The highest BCUT2D eigenvalue weighted by Crippen LogP contribution is 2.34. The van der Waals surface area contributed by atoms with Crippen LogP contribution < -0.4 is 4.90 Å². The Morgan fingerprint density at radius 1 is 1.35 bits per heavy atom. The molecule has 1 aliphatic heterocycles. The van der Waals surface area contributed by atoms with E-state index >= 15 is 0 Å². The maximum atomic E-state index is 11.7. The van der Waals surface area contributed by atoms with E-state index in [4.69, 9.17) is 0 Å². The monoisotopic (exact) mass is 266 g/mol. The molecule has 0 radical (unpaired) electrons. The number of hydrogen-bond acceptors (Lipinski definition) is 3. The summed E-state index contributed by atoms with van der Waals surface area (Å²) in [4.78, 5) is 18.5. The first-order chi connectivity index (χ1) is 9.70. The summed E-state index contributed by atoms with van der Waals surface area (Å²) in [6.07, 6.45) is 3.27. The zero-order chi connectivity index (χ0) is 14.1. The predicted octanol–water partition coefficient (Wildman–Crippen LogP) is 3.68. The lowest BCUT2D eigenvalue weighted by atomic mass is 10.1. The van der Waals surface area contributed by atoms with Crippen LogP contribution >= 0.6 is 0 Å². The van der Waals surface area contributed by atoms with Crippen LogP contribution in [0, 0.1) is 6.92 Å². The van der Waals surface area contributed by atoms with Crippen molar-refractivity contribution in [2.24, 2.45) is 0 Å². The predicted molar refractivity (Wildman–Crippen MR) is 80.7 cm³/mol. The number of anilines is 2. The van der Waals surface area contributed by atoms with E-state index in [-0.39, 0.29) is 5.78 Å². The number of rotatable bonds is 3. The molecule has 102 valence electrons. The molecule has 0 fully saturated rings. The molecule has 0 N–H and O–H groups in total. The van der Waals surface area contributed by atoms with E-state index in [1.165, 1.54) is 11.3 Å². The van der Waals surface area contributed by atoms with Gasteiger partial charge in [0.1, 0.15) is 5.82 Å². The van der Waals surface area contributed by atoms with Crippen LogP contribution in [0.3, 0.4) is 0 Å². The number of pyridine rings is 1. The molecule has 3 rings (SSSR count). The number of nitrogens with zero attached hydrogens (tertiary/aromatic N) is 2. The number of Topliss-reactive ketones (excluding diaryl/α,β-unsaturated/α-hetero) is 1. The lowest BCUT2D eigenvalue weighted by Gasteiger charge is -2.20. The average molecular weight is 266 g/mol. The fourth-order valence-electron chi connectivity index (χ4n) is 2.77. The highest BCUT2D eigenvalue weighted by molar-refractivity contribution is 5.96. The molecule has 0 bridgehead atoms. The van der Waals surface area contributed by atoms with Crippen LogP contribution in [0.25, 0.3) is 0 Å². The fourth-order valence-corrected chi connectivity index (χ4v) is 2.77. The van der Waals surface area contributed by atoms with Gasteiger partial charge in [-0.05, 0) is 36.6 Å². The van der Waals surface area contributed by atoms with Crippen molar-refractivity contribution in [3.05, 3.63) is 53.2 Å². The molecule has 1 aromatic heterocycles. The van der Waals surface area contributed by atoms with E-state index in [1.807, 2.05) is 19.9 Å². The third-order valence-corrected chi connectivity index (χ3v) is 3.84. The summed E-state index contributed by atoms with van der Waals surface area (Å²) in [5, 5.41) is 0. The highest BCUT2D eigenvalue weighted by Gasteiger charge is 2.22. The van der Waals surface area contributed by atoms with Gasteiger partial charge in [0.25, 0.3) is 0 Å². The van der Waals surface area contributed by atoms with Crippen LogP contribution in [0.4, 0.5) is 11.5 Å². The third-order valence-electron chi connectivity index (χ3n) is 3.84. The molecule has 2 aromatic rings. The number of carbonyl (C=O) groups is 1. The molecule has 1 aromatic carbocycles. The van der Waals surface area contributed by atoms with Gasteiger partial charge in [0.2, 0.25) is 0 Å². The van der Waals surface area contributed by atoms with Gasteiger partial charge in [0.05, 0.1) is 0 Å². The largest absolute Gasteiger partial charge is 0.326 e. The quantitative estimate of drug-likeness (QED) is 0.795. The molecule has 20 heavy (non-hydrogen) atoms. The van der Waals surface area contributed by atoms with Gasteiger partial charge in [-0.15, -0.1) is 0 Å². The number of carbonyl (C=O) groups excluding carboxylic acids is 1. The first-order valence-electron chi connectivity index (χ1n) is 7.06. The van der Waals surface area contributed by atoms with E-state index in [2.05, 4.69) is 34.1 Å². The van der Waals surface area contributed by atoms with Gasteiger partial charge in [-0.1, -0.05) is 25.1 Å². The summed E-state index contributed by atoms with van der Waals surface area (Å²) in [6.45, 7) is 4.85. The Hall–Kier alpha value is -2.16. The van der Waals surface area contributed by atoms with Gasteiger partial charge in [0, 0.05) is 30.4 Å². The molecule has 2 heterocycles. The molecule has 0 amide bonds. The molecule has 0 atom stereocenters. The Morgan fingerprint density at radius 3 is 2.90 bits per heavy atom. The number of benzene rings is 1. The Morgan fingerprint density at radius 2 is 2.15 bits per heavy atom. The van der Waals surface area contributed by atoms with Crippen LogP contribution in [0.2, 0.25) is 0 Å². The van der Waals surface area contributed by atoms with Gasteiger partial charge in [-0.2, -0.15) is 0 Å². The molecule has 0 spiro atoms. The van der Waals surface area contributed by atoms with Crippen molar-refractivity contribution < 1.29 is 4.79 Å². The molecular formula is C17H18N2O. The zero-order valence-corrected chi connectivity index (χ0v) is 11.9. The van der Waals surface area contributed by atoms with Crippen LogP contribution in [-0.4, -0.2) is 17.3 Å². The van der Waals surface area contributed by atoms with Crippen molar-refractivity contribution in [2.45, 2.75) is 26.7 Å². The van der Waals surface area contributed by atoms with E-state index in [9.17, 15) is 4.79 Å². The molecule has 0 saturated carbocycles. The van der Waals surface area contributed by atoms with Gasteiger partial charge in [-0.3, -0.25) is 4.79 Å². The Balaban J connectivity index is 1.98. The normalized spacial score (nSPS) is 13.4. The molecule has 3 nitrogen and oxygen atoms in total. The first-order valence-corrected chi connectivity index (χ1v) is 7.06. The number of para-hydroxylation sites is 1. The van der Waals surface area contributed by atoms with Crippen LogP contribution in [-0.2, 0) is 6.42 Å². The summed E-state index contributed by atoms with van der Waals surface area (Å²) in [5.74, 6) is 1.11. The Kier molecular flexibility index (Phi) is 3.26. The molecule has 0 saturated heterocycles. The van der Waals surface area contributed by atoms with Gasteiger partial charge < -0.3 is 4.90 Å². The maximum Gasteiger partial charge on any atom is 0.164 e. The average Bonchev–Trinajstić information content (AvgIpc) is 2.90. The molecule has 0 unspecified atom stereocenters. The number of aromatic nitrogens is 1. The maximum absolute atomic E-state index is 11.7. The van der Waals surface area contributed by atoms with Crippen molar-refractivity contribution >= 4 is 17.3 Å². The summed E-state index contributed by atoms with van der Waals surface area (Å²) in [5.41, 5.74) is 4.36. The van der Waals surface area contributed by atoms with E-state index in [0.29, 0.717) is 12.0 Å². The van der Waals surface area contributed by atoms with Crippen molar-refractivity contribution in [3.8, 4) is 0 Å². The van der Waals surface area contributed by atoms with Gasteiger partial charge >= 0.3 is 0 Å². The Labute approximate surface area is 119 Å². The fraction of sp³-hybridized carbons (Fsp3) is 0.294. The highest BCUT2D eigenvalue weighted by atomic mass is 16.1. The van der Waals surface area contributed by atoms with E-state index in [1.54, 1.807) is 6.20 Å². The molecule has 0 aliphatic carbocycles. The second kappa shape index (κ2) is 5.08. The minimum atomic E-state index is 0.147. The number of hydrogen-bond donors (Lipinski definition) is 0. The van der Waals surface area contributed by atoms with Crippen molar-refractivity contribution in [1.29, 1.82) is 0 Å². The lowest BCUT2D eigenvalue weighted by molar-refractivity contribution is 0.0988. The molecular weight excluding hydrogens is 248 g/mol. The first kappa shape index (κ1) is 12.9. The van der Waals surface area contributed by atoms with E-state index in [0.717, 1.165) is 24.3 Å². The number of fused-ring (bicyclic) bond motifs is 1. The van der Waals surface area contributed by atoms with Crippen LogP contribution in [0.15, 0.2) is 36.5 Å². The summed E-state index contributed by atoms with van der Waals surface area (Å²) in [6, 6.07) is 10.4. The SMILES string of the molecule is CCC(=O)c1cnc(N2CCc3ccccc32)c(C)c1. The number of aryl methyl sites for hydroxylation is 1. The lowest BCUT2D eigenvalue weighted by Crippen LogP contribution is -2.16. The Bertz CT molecular complexity index is 664. The topological polar surface area (TPSA) is 33.2 Å². The second-order valence-corrected chi connectivity index (χ2v) is 5.17. The zero-order valence-electron chi connectivity index (χ0n) is 11.9. The second-order valence-electron chi connectivity index (χ2n) is 5.17. The van der Waals surface area contributed by atoms with Crippen molar-refractivity contribution in [1.82, 2.24) is 4.98 Å². The summed E-state index contributed by atoms with van der Waals surface area (Å²) >= 11 is 0. The van der Waals surface area contributed by atoms with Crippen LogP contribution in [0.5, 0.6) is 0 Å². The smallest absolute Gasteiger partial charge is 0.164 e. The van der Waals surface area contributed by atoms with Gasteiger partial charge in [-0.25, -0.2) is 4.98 Å². The minimum Gasteiger partial charge on any atom is -0.326 e. The molecule has 3 heteroatoms. The van der Waals surface area contributed by atoms with E-state index < -0.39 is 0 Å². The minimum absolute atomic E-state index is 0.147. The standard InChI is InChI=1S/C17H18N2O/c1-3-16(20)14-10-12(2)17(18-11-14)19-9-8-13-6-4-5-7-15(13)19/h4-7,10-11H,3,8-9H2,1-2H3. The summed E-state index contributed by atoms with van der Waals surface area (Å²) < 4.78 is 0. The summed E-state index contributed by atoms with van der Waals surface area (Å²) in [7, 11) is 0. The molecule has 1 aliphatic rings. The van der Waals surface area contributed by atoms with Gasteiger partial charge in [0.15, 0.2) is 5.78 Å². The van der Waals surface area contributed by atoms with Crippen molar-refractivity contribution in [2.75, 3.05) is 11.4 Å². The number of ketones is 1. The van der Waals surface area contributed by atoms with Crippen LogP contribution in [0.1, 0.15) is 34.8 Å². The third kappa shape index (κ3) is 2.09.